The fourth-order valence-corrected chi connectivity index (χ4v) is 2.19. The molecule has 0 aliphatic rings. The lowest BCUT2D eigenvalue weighted by Crippen LogP contribution is -2.23. The van der Waals surface area contributed by atoms with Crippen LogP contribution in [0.2, 0.25) is 0 Å². The van der Waals surface area contributed by atoms with E-state index >= 15 is 0 Å². The number of hydrogen-bond donors (Lipinski definition) is 2. The monoisotopic (exact) mass is 285 g/mol. The van der Waals surface area contributed by atoms with Crippen LogP contribution in [-0.4, -0.2) is 18.3 Å². The van der Waals surface area contributed by atoms with Gasteiger partial charge in [0, 0.05) is 12.6 Å². The smallest absolute Gasteiger partial charge is 0.0717 e. The molecule has 3 nitrogen and oxygen atoms in total. The second-order valence-corrected chi connectivity index (χ2v) is 5.12. The standard InChI is InChI=1S/C18H23NO2/c1-15(18-9-5-8-17(12-18)13-20)19-10-11-21-14-16-6-3-2-4-7-16/h2-9,12,15,19-20H,10-11,13-14H2,1H3. The zero-order chi connectivity index (χ0) is 14.9. The Morgan fingerprint density at radius 1 is 1.05 bits per heavy atom. The highest BCUT2D eigenvalue weighted by molar-refractivity contribution is 5.25. The van der Waals surface area contributed by atoms with Crippen LogP contribution in [0.25, 0.3) is 0 Å². The molecule has 0 amide bonds. The van der Waals surface area contributed by atoms with Crippen LogP contribution in [0.4, 0.5) is 0 Å². The Morgan fingerprint density at radius 3 is 2.57 bits per heavy atom. The van der Waals surface area contributed by atoms with E-state index in [0.717, 1.165) is 12.1 Å². The Labute approximate surface area is 126 Å². The Morgan fingerprint density at radius 2 is 1.81 bits per heavy atom. The highest BCUT2D eigenvalue weighted by Gasteiger charge is 2.04. The molecular formula is C18H23NO2. The number of ether oxygens (including phenoxy) is 1. The topological polar surface area (TPSA) is 41.5 Å². The first-order chi connectivity index (χ1) is 10.3. The van der Waals surface area contributed by atoms with Crippen molar-refractivity contribution in [3.05, 3.63) is 71.3 Å². The molecule has 0 saturated carbocycles. The third-order valence-electron chi connectivity index (χ3n) is 3.44. The summed E-state index contributed by atoms with van der Waals surface area (Å²) in [6, 6.07) is 18.4. The van der Waals surface area contributed by atoms with Crippen molar-refractivity contribution in [2.24, 2.45) is 0 Å². The fraction of sp³-hybridized carbons (Fsp3) is 0.333. The van der Waals surface area contributed by atoms with Crippen LogP contribution < -0.4 is 5.32 Å². The van der Waals surface area contributed by atoms with Gasteiger partial charge in [-0.15, -0.1) is 0 Å². The zero-order valence-electron chi connectivity index (χ0n) is 12.5. The van der Waals surface area contributed by atoms with Gasteiger partial charge in [-0.2, -0.15) is 0 Å². The van der Waals surface area contributed by atoms with Gasteiger partial charge < -0.3 is 15.2 Å². The summed E-state index contributed by atoms with van der Waals surface area (Å²) < 4.78 is 5.65. The maximum atomic E-state index is 9.16. The molecule has 2 rings (SSSR count). The van der Waals surface area contributed by atoms with Crippen molar-refractivity contribution in [3.63, 3.8) is 0 Å². The number of nitrogens with one attached hydrogen (secondary N) is 1. The molecule has 0 heterocycles. The summed E-state index contributed by atoms with van der Waals surface area (Å²) in [5.74, 6) is 0. The first-order valence-corrected chi connectivity index (χ1v) is 7.34. The summed E-state index contributed by atoms with van der Waals surface area (Å²) in [6.45, 7) is 4.33. The normalized spacial score (nSPS) is 12.3. The molecular weight excluding hydrogens is 262 g/mol. The molecule has 0 spiro atoms. The van der Waals surface area contributed by atoms with E-state index in [-0.39, 0.29) is 12.6 Å². The van der Waals surface area contributed by atoms with Crippen molar-refractivity contribution >= 4 is 0 Å². The molecule has 1 unspecified atom stereocenters. The van der Waals surface area contributed by atoms with E-state index in [1.54, 1.807) is 0 Å². The highest BCUT2D eigenvalue weighted by Crippen LogP contribution is 2.14. The molecule has 0 radical (unpaired) electrons. The van der Waals surface area contributed by atoms with Gasteiger partial charge in [-0.1, -0.05) is 54.6 Å². The molecule has 2 N–H and O–H groups in total. The van der Waals surface area contributed by atoms with E-state index in [0.29, 0.717) is 13.2 Å². The van der Waals surface area contributed by atoms with Gasteiger partial charge in [-0.05, 0) is 23.6 Å². The van der Waals surface area contributed by atoms with Crippen LogP contribution in [0.15, 0.2) is 54.6 Å². The summed E-state index contributed by atoms with van der Waals surface area (Å²) >= 11 is 0. The Balaban J connectivity index is 1.68. The van der Waals surface area contributed by atoms with Gasteiger partial charge in [0.25, 0.3) is 0 Å². The third-order valence-corrected chi connectivity index (χ3v) is 3.44. The number of hydrogen-bond acceptors (Lipinski definition) is 3. The van der Waals surface area contributed by atoms with Gasteiger partial charge in [0.15, 0.2) is 0 Å². The molecule has 0 bridgehead atoms. The summed E-state index contributed by atoms with van der Waals surface area (Å²) in [5, 5.41) is 12.6. The van der Waals surface area contributed by atoms with Crippen LogP contribution in [0.1, 0.15) is 29.7 Å². The van der Waals surface area contributed by atoms with E-state index in [4.69, 9.17) is 9.84 Å². The molecule has 0 aliphatic heterocycles. The molecule has 0 aliphatic carbocycles. The number of aliphatic hydroxyl groups is 1. The molecule has 0 fully saturated rings. The van der Waals surface area contributed by atoms with Gasteiger partial charge >= 0.3 is 0 Å². The lowest BCUT2D eigenvalue weighted by molar-refractivity contribution is 0.121. The molecule has 0 saturated heterocycles. The van der Waals surface area contributed by atoms with E-state index in [1.807, 2.05) is 36.4 Å². The molecule has 112 valence electrons. The van der Waals surface area contributed by atoms with Crippen LogP contribution >= 0.6 is 0 Å². The Hall–Kier alpha value is -1.68. The lowest BCUT2D eigenvalue weighted by Gasteiger charge is -2.15. The van der Waals surface area contributed by atoms with Crippen LogP contribution in [0.5, 0.6) is 0 Å². The largest absolute Gasteiger partial charge is 0.392 e. The zero-order valence-corrected chi connectivity index (χ0v) is 12.5. The average Bonchev–Trinajstić information content (AvgIpc) is 2.55. The van der Waals surface area contributed by atoms with E-state index in [2.05, 4.69) is 30.4 Å². The molecule has 2 aromatic rings. The first-order valence-electron chi connectivity index (χ1n) is 7.34. The molecule has 1 atom stereocenters. The Kier molecular flexibility index (Phi) is 6.41. The predicted octanol–water partition coefficient (Wildman–Crippen LogP) is 3.05. The maximum Gasteiger partial charge on any atom is 0.0717 e. The molecule has 2 aromatic carbocycles. The predicted molar refractivity (Wildman–Crippen MR) is 84.9 cm³/mol. The summed E-state index contributed by atoms with van der Waals surface area (Å²) in [4.78, 5) is 0. The van der Waals surface area contributed by atoms with Crippen molar-refractivity contribution in [1.29, 1.82) is 0 Å². The quantitative estimate of drug-likeness (QED) is 0.733. The minimum Gasteiger partial charge on any atom is -0.392 e. The van der Waals surface area contributed by atoms with Gasteiger partial charge in [-0.25, -0.2) is 0 Å². The Bertz CT molecular complexity index is 528. The van der Waals surface area contributed by atoms with Crippen molar-refractivity contribution in [2.75, 3.05) is 13.2 Å². The SMILES string of the molecule is CC(NCCOCc1ccccc1)c1cccc(CO)c1. The van der Waals surface area contributed by atoms with Gasteiger partial charge in [0.1, 0.15) is 0 Å². The van der Waals surface area contributed by atoms with Crippen LogP contribution in [0.3, 0.4) is 0 Å². The van der Waals surface area contributed by atoms with E-state index < -0.39 is 0 Å². The fourth-order valence-electron chi connectivity index (χ4n) is 2.19. The summed E-state index contributed by atoms with van der Waals surface area (Å²) in [5.41, 5.74) is 3.33. The summed E-state index contributed by atoms with van der Waals surface area (Å²) in [6.07, 6.45) is 0. The first kappa shape index (κ1) is 15.7. The van der Waals surface area contributed by atoms with Gasteiger partial charge in [0.05, 0.1) is 19.8 Å². The van der Waals surface area contributed by atoms with Crippen LogP contribution in [-0.2, 0) is 18.0 Å². The summed E-state index contributed by atoms with van der Waals surface area (Å²) in [7, 11) is 0. The average molecular weight is 285 g/mol. The number of rotatable bonds is 8. The highest BCUT2D eigenvalue weighted by atomic mass is 16.5. The maximum absolute atomic E-state index is 9.16. The van der Waals surface area contributed by atoms with Crippen molar-refractivity contribution in [2.45, 2.75) is 26.2 Å². The minimum absolute atomic E-state index is 0.0841. The molecule has 3 heteroatoms. The van der Waals surface area contributed by atoms with Crippen molar-refractivity contribution in [3.8, 4) is 0 Å². The molecule has 0 aromatic heterocycles. The number of benzene rings is 2. The van der Waals surface area contributed by atoms with Crippen molar-refractivity contribution < 1.29 is 9.84 Å². The number of aliphatic hydroxyl groups excluding tert-OH is 1. The molecule has 21 heavy (non-hydrogen) atoms. The van der Waals surface area contributed by atoms with Crippen LogP contribution in [0, 0.1) is 0 Å². The third kappa shape index (κ3) is 5.31. The minimum atomic E-state index is 0.0841. The van der Waals surface area contributed by atoms with Gasteiger partial charge in [0.2, 0.25) is 0 Å². The van der Waals surface area contributed by atoms with E-state index in [9.17, 15) is 0 Å². The van der Waals surface area contributed by atoms with E-state index in [1.165, 1.54) is 11.1 Å². The second kappa shape index (κ2) is 8.57. The van der Waals surface area contributed by atoms with Crippen molar-refractivity contribution in [1.82, 2.24) is 5.32 Å². The lowest BCUT2D eigenvalue weighted by atomic mass is 10.1. The van der Waals surface area contributed by atoms with Gasteiger partial charge in [-0.3, -0.25) is 0 Å². The second-order valence-electron chi connectivity index (χ2n) is 5.12.